The smallest absolute Gasteiger partial charge is 0.180 e. The predicted octanol–water partition coefficient (Wildman–Crippen LogP) is 2.99. The molecule has 0 saturated carbocycles. The second-order valence-corrected chi connectivity index (χ2v) is 5.69. The summed E-state index contributed by atoms with van der Waals surface area (Å²) in [7, 11) is 2.98. The average molecular weight is 345 g/mol. The van der Waals surface area contributed by atoms with E-state index in [1.165, 1.54) is 32.2 Å². The number of nitrogens with two attached hydrogens (primary N) is 1. The largest absolute Gasteiger partial charge is 0.504 e. The first-order valence-corrected chi connectivity index (χ1v) is 8.11. The van der Waals surface area contributed by atoms with Crippen LogP contribution >= 0.6 is 11.8 Å². The SMILES string of the molecule is COc1ccc(OC)c(C=NN=C(N)SCc2ccccc2)c1O. The summed E-state index contributed by atoms with van der Waals surface area (Å²) in [6.07, 6.45) is 1.38. The van der Waals surface area contributed by atoms with Gasteiger partial charge in [-0.05, 0) is 17.7 Å². The van der Waals surface area contributed by atoms with Gasteiger partial charge in [-0.3, -0.25) is 0 Å². The van der Waals surface area contributed by atoms with Gasteiger partial charge in [-0.15, -0.1) is 5.10 Å². The van der Waals surface area contributed by atoms with Crippen molar-refractivity contribution in [2.24, 2.45) is 15.9 Å². The maximum atomic E-state index is 10.1. The molecule has 0 heterocycles. The first kappa shape index (κ1) is 17.7. The molecule has 0 aliphatic rings. The van der Waals surface area contributed by atoms with Gasteiger partial charge < -0.3 is 20.3 Å². The number of methoxy groups -OCH3 is 2. The van der Waals surface area contributed by atoms with Gasteiger partial charge in [0.2, 0.25) is 0 Å². The number of amidine groups is 1. The molecular weight excluding hydrogens is 326 g/mol. The van der Waals surface area contributed by atoms with Gasteiger partial charge in [0.05, 0.1) is 26.0 Å². The summed E-state index contributed by atoms with van der Waals surface area (Å²) in [4.78, 5) is 0. The molecule has 0 spiro atoms. The summed E-state index contributed by atoms with van der Waals surface area (Å²) in [5.74, 6) is 1.43. The lowest BCUT2D eigenvalue weighted by Crippen LogP contribution is -2.06. The summed E-state index contributed by atoms with van der Waals surface area (Å²) in [5.41, 5.74) is 7.36. The molecule has 0 bridgehead atoms. The van der Waals surface area contributed by atoms with Crippen molar-refractivity contribution in [3.8, 4) is 17.2 Å². The Balaban J connectivity index is 2.07. The highest BCUT2D eigenvalue weighted by Crippen LogP contribution is 2.34. The minimum absolute atomic E-state index is 0.0636. The maximum Gasteiger partial charge on any atom is 0.180 e. The van der Waals surface area contributed by atoms with Crippen LogP contribution in [0.2, 0.25) is 0 Å². The average Bonchev–Trinajstić information content (AvgIpc) is 2.62. The summed E-state index contributed by atoms with van der Waals surface area (Å²) >= 11 is 1.38. The van der Waals surface area contributed by atoms with E-state index in [9.17, 15) is 5.11 Å². The van der Waals surface area contributed by atoms with Crippen molar-refractivity contribution in [1.29, 1.82) is 0 Å². The normalized spacial score (nSPS) is 11.7. The van der Waals surface area contributed by atoms with E-state index >= 15 is 0 Å². The standard InChI is InChI=1S/C17H19N3O3S/c1-22-14-8-9-15(23-2)16(21)13(14)10-19-20-17(18)24-11-12-6-4-3-5-7-12/h3-10,21H,11H2,1-2H3,(H2,18,20). The highest BCUT2D eigenvalue weighted by Gasteiger charge is 2.12. The van der Waals surface area contributed by atoms with Crippen LogP contribution in [-0.4, -0.2) is 30.7 Å². The van der Waals surface area contributed by atoms with E-state index in [1.807, 2.05) is 30.3 Å². The number of rotatable bonds is 6. The second kappa shape index (κ2) is 8.83. The Hall–Kier alpha value is -2.67. The fraction of sp³-hybridized carbons (Fsp3) is 0.176. The highest BCUT2D eigenvalue weighted by molar-refractivity contribution is 8.13. The van der Waals surface area contributed by atoms with Gasteiger partial charge in [0, 0.05) is 5.75 Å². The molecule has 0 aliphatic heterocycles. The van der Waals surface area contributed by atoms with Gasteiger partial charge in [0.15, 0.2) is 16.7 Å². The van der Waals surface area contributed by atoms with Crippen molar-refractivity contribution in [3.63, 3.8) is 0 Å². The summed E-state index contributed by atoms with van der Waals surface area (Å²) in [6, 6.07) is 13.2. The minimum atomic E-state index is -0.0636. The van der Waals surface area contributed by atoms with Crippen LogP contribution in [-0.2, 0) is 5.75 Å². The van der Waals surface area contributed by atoms with Gasteiger partial charge >= 0.3 is 0 Å². The third-order valence-corrected chi connectivity index (χ3v) is 4.01. The summed E-state index contributed by atoms with van der Waals surface area (Å²) < 4.78 is 10.3. The van der Waals surface area contributed by atoms with Gasteiger partial charge in [-0.25, -0.2) is 0 Å². The number of phenolic OH excluding ortho intramolecular Hbond substituents is 1. The number of hydrogen-bond donors (Lipinski definition) is 2. The number of phenols is 1. The van der Waals surface area contributed by atoms with E-state index in [4.69, 9.17) is 15.2 Å². The van der Waals surface area contributed by atoms with Crippen molar-refractivity contribution >= 4 is 23.1 Å². The molecule has 0 amide bonds. The minimum Gasteiger partial charge on any atom is -0.504 e. The summed E-state index contributed by atoms with van der Waals surface area (Å²) in [6.45, 7) is 0. The third-order valence-electron chi connectivity index (χ3n) is 3.15. The molecule has 0 unspecified atom stereocenters. The molecular formula is C17H19N3O3S. The van der Waals surface area contributed by atoms with Gasteiger partial charge in [0.1, 0.15) is 5.75 Å². The number of thioether (sulfide) groups is 1. The first-order chi connectivity index (χ1) is 11.7. The summed E-state index contributed by atoms with van der Waals surface area (Å²) in [5, 5.41) is 18.3. The quantitative estimate of drug-likeness (QED) is 0.477. The van der Waals surface area contributed by atoms with Crippen LogP contribution in [0, 0.1) is 0 Å². The van der Waals surface area contributed by atoms with Gasteiger partial charge in [-0.2, -0.15) is 5.10 Å². The number of ether oxygens (including phenoxy) is 2. The van der Waals surface area contributed by atoms with E-state index in [-0.39, 0.29) is 5.75 Å². The zero-order valence-corrected chi connectivity index (χ0v) is 14.3. The number of nitrogens with zero attached hydrogens (tertiary/aromatic N) is 2. The van der Waals surface area contributed by atoms with E-state index in [0.717, 1.165) is 5.56 Å². The Morgan fingerprint density at radius 1 is 1.12 bits per heavy atom. The molecule has 0 aliphatic carbocycles. The number of aromatic hydroxyl groups is 1. The van der Waals surface area contributed by atoms with E-state index in [2.05, 4.69) is 10.2 Å². The van der Waals surface area contributed by atoms with Crippen LogP contribution in [0.3, 0.4) is 0 Å². The van der Waals surface area contributed by atoms with Crippen molar-refractivity contribution in [1.82, 2.24) is 0 Å². The highest BCUT2D eigenvalue weighted by atomic mass is 32.2. The van der Waals surface area contributed by atoms with Crippen molar-refractivity contribution in [2.45, 2.75) is 5.75 Å². The molecule has 2 rings (SSSR count). The van der Waals surface area contributed by atoms with Gasteiger partial charge in [0.25, 0.3) is 0 Å². The van der Waals surface area contributed by atoms with Crippen LogP contribution in [0.1, 0.15) is 11.1 Å². The Bertz CT molecular complexity index is 733. The molecule has 126 valence electrons. The third kappa shape index (κ3) is 4.66. The van der Waals surface area contributed by atoms with Crippen molar-refractivity contribution in [3.05, 3.63) is 53.6 Å². The Morgan fingerprint density at radius 2 is 1.79 bits per heavy atom. The van der Waals surface area contributed by atoms with Crippen LogP contribution in [0.15, 0.2) is 52.7 Å². The maximum absolute atomic E-state index is 10.1. The first-order valence-electron chi connectivity index (χ1n) is 7.13. The zero-order valence-electron chi connectivity index (χ0n) is 13.5. The lowest BCUT2D eigenvalue weighted by molar-refractivity contribution is 0.365. The molecule has 6 nitrogen and oxygen atoms in total. The van der Waals surface area contributed by atoms with Crippen LogP contribution in [0.5, 0.6) is 17.2 Å². The van der Waals surface area contributed by atoms with Crippen LogP contribution < -0.4 is 15.2 Å². The van der Waals surface area contributed by atoms with Gasteiger partial charge in [-0.1, -0.05) is 42.1 Å². The molecule has 3 N–H and O–H groups in total. The molecule has 0 fully saturated rings. The molecule has 2 aromatic rings. The van der Waals surface area contributed by atoms with E-state index in [1.54, 1.807) is 12.1 Å². The van der Waals surface area contributed by atoms with Crippen molar-refractivity contribution < 1.29 is 14.6 Å². The molecule has 0 radical (unpaired) electrons. The Morgan fingerprint density at radius 3 is 2.46 bits per heavy atom. The lowest BCUT2D eigenvalue weighted by Gasteiger charge is -2.09. The van der Waals surface area contributed by atoms with Crippen molar-refractivity contribution in [2.75, 3.05) is 14.2 Å². The number of hydrogen-bond acceptors (Lipinski definition) is 6. The van der Waals surface area contributed by atoms with E-state index < -0.39 is 0 Å². The molecule has 7 heteroatoms. The molecule has 0 saturated heterocycles. The fourth-order valence-corrected chi connectivity index (χ4v) is 2.55. The van der Waals surface area contributed by atoms with Crippen LogP contribution in [0.4, 0.5) is 0 Å². The van der Waals surface area contributed by atoms with Crippen LogP contribution in [0.25, 0.3) is 0 Å². The Kier molecular flexibility index (Phi) is 6.51. The predicted molar refractivity (Wildman–Crippen MR) is 98.2 cm³/mol. The zero-order chi connectivity index (χ0) is 17.4. The fourth-order valence-electron chi connectivity index (χ4n) is 1.94. The monoisotopic (exact) mass is 345 g/mol. The molecule has 0 atom stereocenters. The Labute approximate surface area is 145 Å². The topological polar surface area (TPSA) is 89.4 Å². The second-order valence-electron chi connectivity index (χ2n) is 4.69. The molecule has 0 aromatic heterocycles. The molecule has 2 aromatic carbocycles. The number of benzene rings is 2. The van der Waals surface area contributed by atoms with E-state index in [0.29, 0.717) is 28.0 Å². The molecule has 24 heavy (non-hydrogen) atoms. The lowest BCUT2D eigenvalue weighted by atomic mass is 10.2.